The number of aromatic nitrogens is 1. The van der Waals surface area contributed by atoms with E-state index in [2.05, 4.69) is 11.1 Å². The third kappa shape index (κ3) is 2.83. The lowest BCUT2D eigenvalue weighted by Gasteiger charge is -2.27. The van der Waals surface area contributed by atoms with Gasteiger partial charge < -0.3 is 5.11 Å². The highest BCUT2D eigenvalue weighted by atomic mass is 35.5. The van der Waals surface area contributed by atoms with E-state index in [4.69, 9.17) is 16.7 Å². The fourth-order valence-corrected chi connectivity index (χ4v) is 4.45. The summed E-state index contributed by atoms with van der Waals surface area (Å²) in [7, 11) is 0. The van der Waals surface area contributed by atoms with E-state index in [0.29, 0.717) is 5.69 Å². The molecule has 1 fully saturated rings. The molecule has 1 aliphatic carbocycles. The summed E-state index contributed by atoms with van der Waals surface area (Å²) in [5.74, 6) is -0.838. The Labute approximate surface area is 132 Å². The minimum absolute atomic E-state index is 0.0118. The summed E-state index contributed by atoms with van der Waals surface area (Å²) in [6.07, 6.45) is 4.42. The molecule has 0 spiro atoms. The van der Waals surface area contributed by atoms with Gasteiger partial charge in [0.05, 0.1) is 12.1 Å². The number of benzene rings is 1. The molecule has 1 aromatic heterocycles. The molecule has 3 nitrogen and oxygen atoms in total. The Bertz CT molecular complexity index is 662. The molecule has 0 radical (unpaired) electrons. The molecule has 0 unspecified atom stereocenters. The molecule has 0 atom stereocenters. The second kappa shape index (κ2) is 5.78. The quantitative estimate of drug-likeness (QED) is 0.914. The molecule has 1 saturated carbocycles. The van der Waals surface area contributed by atoms with Crippen molar-refractivity contribution < 1.29 is 9.90 Å². The summed E-state index contributed by atoms with van der Waals surface area (Å²) >= 11 is 7.72. The Morgan fingerprint density at radius 2 is 2.14 bits per heavy atom. The zero-order valence-electron chi connectivity index (χ0n) is 11.5. The van der Waals surface area contributed by atoms with Crippen LogP contribution in [0.2, 0.25) is 5.02 Å². The van der Waals surface area contributed by atoms with Crippen LogP contribution >= 0.6 is 22.9 Å². The maximum Gasteiger partial charge on any atom is 0.309 e. The van der Waals surface area contributed by atoms with E-state index in [1.54, 1.807) is 11.3 Å². The SMILES string of the molecule is O=C(O)Cc1csc(C2(c3cccc(Cl)c3)CCCC2)n1. The summed E-state index contributed by atoms with van der Waals surface area (Å²) in [5, 5.41) is 12.5. The van der Waals surface area contributed by atoms with Gasteiger partial charge in [0.25, 0.3) is 0 Å². The molecule has 0 amide bonds. The van der Waals surface area contributed by atoms with Crippen LogP contribution in [-0.4, -0.2) is 16.1 Å². The molecule has 0 saturated heterocycles. The van der Waals surface area contributed by atoms with Crippen molar-refractivity contribution >= 4 is 28.9 Å². The Morgan fingerprint density at radius 1 is 1.38 bits per heavy atom. The molecule has 3 rings (SSSR count). The lowest BCUT2D eigenvalue weighted by molar-refractivity contribution is -0.136. The van der Waals surface area contributed by atoms with Crippen LogP contribution in [0.25, 0.3) is 0 Å². The first-order chi connectivity index (χ1) is 10.1. The largest absolute Gasteiger partial charge is 0.481 e. The lowest BCUT2D eigenvalue weighted by Crippen LogP contribution is -2.23. The smallest absolute Gasteiger partial charge is 0.309 e. The van der Waals surface area contributed by atoms with Crippen molar-refractivity contribution in [1.82, 2.24) is 4.98 Å². The second-order valence-electron chi connectivity index (χ2n) is 5.51. The van der Waals surface area contributed by atoms with E-state index in [1.807, 2.05) is 23.6 Å². The van der Waals surface area contributed by atoms with Gasteiger partial charge in [-0.15, -0.1) is 11.3 Å². The summed E-state index contributed by atoms with van der Waals surface area (Å²) in [5.41, 5.74) is 1.76. The Balaban J connectivity index is 2.01. The van der Waals surface area contributed by atoms with Crippen molar-refractivity contribution in [3.8, 4) is 0 Å². The summed E-state index contributed by atoms with van der Waals surface area (Å²) in [4.78, 5) is 15.4. The lowest BCUT2D eigenvalue weighted by atomic mass is 9.79. The number of thiazole rings is 1. The van der Waals surface area contributed by atoms with Crippen molar-refractivity contribution in [2.45, 2.75) is 37.5 Å². The first kappa shape index (κ1) is 14.5. The highest BCUT2D eigenvalue weighted by molar-refractivity contribution is 7.09. The number of halogens is 1. The van der Waals surface area contributed by atoms with Gasteiger partial charge in [0.2, 0.25) is 0 Å². The maximum atomic E-state index is 10.8. The molecule has 1 aliphatic rings. The number of carboxylic acids is 1. The van der Waals surface area contributed by atoms with Gasteiger partial charge in [-0.2, -0.15) is 0 Å². The van der Waals surface area contributed by atoms with Crippen LogP contribution in [0.3, 0.4) is 0 Å². The Hall–Kier alpha value is -1.39. The van der Waals surface area contributed by atoms with Gasteiger partial charge >= 0.3 is 5.97 Å². The van der Waals surface area contributed by atoms with E-state index in [0.717, 1.165) is 22.9 Å². The molecule has 0 aliphatic heterocycles. The van der Waals surface area contributed by atoms with Crippen LogP contribution in [0.15, 0.2) is 29.6 Å². The fourth-order valence-electron chi connectivity index (χ4n) is 3.15. The third-order valence-electron chi connectivity index (χ3n) is 4.13. The summed E-state index contributed by atoms with van der Waals surface area (Å²) < 4.78 is 0. The third-order valence-corrected chi connectivity index (χ3v) is 5.46. The minimum Gasteiger partial charge on any atom is -0.481 e. The van der Waals surface area contributed by atoms with Crippen molar-refractivity contribution in [3.63, 3.8) is 0 Å². The first-order valence-corrected chi connectivity index (χ1v) is 8.29. The van der Waals surface area contributed by atoms with Crippen molar-refractivity contribution in [3.05, 3.63) is 50.9 Å². The van der Waals surface area contributed by atoms with Crippen LogP contribution in [0.1, 0.15) is 41.9 Å². The molecule has 21 heavy (non-hydrogen) atoms. The Morgan fingerprint density at radius 3 is 2.81 bits per heavy atom. The highest BCUT2D eigenvalue weighted by Gasteiger charge is 2.40. The van der Waals surface area contributed by atoms with Gasteiger partial charge in [0.15, 0.2) is 0 Å². The van der Waals surface area contributed by atoms with Crippen molar-refractivity contribution in [2.75, 3.05) is 0 Å². The number of carbonyl (C=O) groups is 1. The number of hydrogen-bond acceptors (Lipinski definition) is 3. The number of rotatable bonds is 4. The van der Waals surface area contributed by atoms with Crippen molar-refractivity contribution in [1.29, 1.82) is 0 Å². The van der Waals surface area contributed by atoms with E-state index < -0.39 is 5.97 Å². The molecular weight excluding hydrogens is 306 g/mol. The van der Waals surface area contributed by atoms with E-state index >= 15 is 0 Å². The van der Waals surface area contributed by atoms with Gasteiger partial charge in [-0.05, 0) is 30.5 Å². The predicted octanol–water partition coefficient (Wildman–Crippen LogP) is 4.28. The van der Waals surface area contributed by atoms with Crippen LogP contribution < -0.4 is 0 Å². The molecule has 2 aromatic rings. The average molecular weight is 322 g/mol. The van der Waals surface area contributed by atoms with Crippen LogP contribution in [0.4, 0.5) is 0 Å². The number of aliphatic carboxylic acids is 1. The van der Waals surface area contributed by atoms with Gasteiger partial charge in [-0.3, -0.25) is 4.79 Å². The second-order valence-corrected chi connectivity index (χ2v) is 6.81. The normalized spacial score (nSPS) is 17.0. The standard InChI is InChI=1S/C16H16ClNO2S/c17-12-5-3-4-11(8-12)16(6-1-2-7-16)15-18-13(10-21-15)9-14(19)20/h3-5,8,10H,1-2,6-7,9H2,(H,19,20). The minimum atomic E-state index is -0.838. The summed E-state index contributed by atoms with van der Waals surface area (Å²) in [6, 6.07) is 7.98. The first-order valence-electron chi connectivity index (χ1n) is 7.03. The molecular formula is C16H16ClNO2S. The average Bonchev–Trinajstić information content (AvgIpc) is 3.07. The Kier molecular flexibility index (Phi) is 4.00. The van der Waals surface area contributed by atoms with Crippen LogP contribution in [0, 0.1) is 0 Å². The topological polar surface area (TPSA) is 50.2 Å². The predicted molar refractivity (Wildman–Crippen MR) is 84.2 cm³/mol. The van der Waals surface area contributed by atoms with Gasteiger partial charge in [-0.1, -0.05) is 36.6 Å². The van der Waals surface area contributed by atoms with Crippen molar-refractivity contribution in [2.24, 2.45) is 0 Å². The monoisotopic (exact) mass is 321 g/mol. The molecule has 0 bridgehead atoms. The highest BCUT2D eigenvalue weighted by Crippen LogP contribution is 2.47. The van der Waals surface area contributed by atoms with Crippen LogP contribution in [0.5, 0.6) is 0 Å². The number of hydrogen-bond donors (Lipinski definition) is 1. The zero-order valence-corrected chi connectivity index (χ0v) is 13.1. The summed E-state index contributed by atoms with van der Waals surface area (Å²) in [6.45, 7) is 0. The van der Waals surface area contributed by atoms with E-state index in [1.165, 1.54) is 18.4 Å². The maximum absolute atomic E-state index is 10.8. The zero-order chi connectivity index (χ0) is 14.9. The number of carboxylic acid groups (broad SMARTS) is 1. The molecule has 1 N–H and O–H groups in total. The molecule has 1 heterocycles. The molecule has 5 heteroatoms. The van der Waals surface area contributed by atoms with Gasteiger partial charge in [0, 0.05) is 15.8 Å². The van der Waals surface area contributed by atoms with Gasteiger partial charge in [-0.25, -0.2) is 4.98 Å². The van der Waals surface area contributed by atoms with E-state index in [9.17, 15) is 4.79 Å². The fraction of sp³-hybridized carbons (Fsp3) is 0.375. The van der Waals surface area contributed by atoms with Crippen LogP contribution in [-0.2, 0) is 16.6 Å². The van der Waals surface area contributed by atoms with Gasteiger partial charge in [0.1, 0.15) is 5.01 Å². The molecule has 1 aromatic carbocycles. The number of nitrogens with zero attached hydrogens (tertiary/aromatic N) is 1. The van der Waals surface area contributed by atoms with E-state index in [-0.39, 0.29) is 11.8 Å². The molecule has 110 valence electrons.